The molecule has 3 aromatic heterocycles. The van der Waals surface area contributed by atoms with Gasteiger partial charge in [-0.1, -0.05) is 45.0 Å². The SMILES string of the molecule is CC(C)Sc1ccc(-c2csc3c(OC4CCN(c5nc(C(C)C)no5)CC4)ncnc23)cc1.O.O. The second kappa shape index (κ2) is 12.0. The monoisotopic (exact) mass is 531 g/mol. The van der Waals surface area contributed by atoms with Gasteiger partial charge in [0, 0.05) is 52.9 Å². The topological polar surface area (TPSA) is 140 Å². The molecule has 0 spiro atoms. The molecule has 0 bridgehead atoms. The zero-order valence-corrected chi connectivity index (χ0v) is 22.5. The number of hydrogen-bond donors (Lipinski definition) is 0. The first kappa shape index (κ1) is 27.9. The van der Waals surface area contributed by atoms with Crippen molar-refractivity contribution in [3.63, 3.8) is 0 Å². The summed E-state index contributed by atoms with van der Waals surface area (Å²) < 4.78 is 12.8. The fourth-order valence-electron chi connectivity index (χ4n) is 4.02. The first-order valence-corrected chi connectivity index (χ1v) is 13.5. The summed E-state index contributed by atoms with van der Waals surface area (Å²) in [6.45, 7) is 10.2. The second-order valence-corrected chi connectivity index (χ2v) is 11.6. The third-order valence-electron chi connectivity index (χ3n) is 5.80. The first-order valence-electron chi connectivity index (χ1n) is 11.7. The van der Waals surface area contributed by atoms with Crippen LogP contribution in [0, 0.1) is 0 Å². The molecule has 1 aliphatic heterocycles. The van der Waals surface area contributed by atoms with Crippen LogP contribution in [0.4, 0.5) is 6.01 Å². The maximum absolute atomic E-state index is 6.37. The number of benzene rings is 1. The van der Waals surface area contributed by atoms with E-state index in [0.717, 1.165) is 53.1 Å². The lowest BCUT2D eigenvalue weighted by Gasteiger charge is -2.30. The summed E-state index contributed by atoms with van der Waals surface area (Å²) in [5, 5.41) is 6.80. The average molecular weight is 532 g/mol. The van der Waals surface area contributed by atoms with E-state index in [2.05, 4.69) is 82.3 Å². The average Bonchev–Trinajstić information content (AvgIpc) is 3.48. The van der Waals surface area contributed by atoms with E-state index in [1.54, 1.807) is 17.7 Å². The van der Waals surface area contributed by atoms with Crippen LogP contribution in [-0.4, -0.2) is 55.5 Å². The number of piperidine rings is 1. The number of anilines is 1. The number of nitrogens with zero attached hydrogens (tertiary/aromatic N) is 5. The van der Waals surface area contributed by atoms with Crippen LogP contribution in [0.15, 0.2) is 45.4 Å². The van der Waals surface area contributed by atoms with Crippen LogP contribution in [0.2, 0.25) is 0 Å². The molecule has 4 aromatic rings. The molecule has 9 nitrogen and oxygen atoms in total. The molecule has 0 atom stereocenters. The van der Waals surface area contributed by atoms with Crippen molar-refractivity contribution in [2.75, 3.05) is 18.0 Å². The van der Waals surface area contributed by atoms with Gasteiger partial charge in [0.25, 0.3) is 0 Å². The Labute approximate surface area is 218 Å². The zero-order chi connectivity index (χ0) is 23.7. The Hall–Kier alpha value is -2.73. The molecule has 11 heteroatoms. The van der Waals surface area contributed by atoms with Crippen LogP contribution in [0.1, 0.15) is 52.3 Å². The Kier molecular flexibility index (Phi) is 9.29. The number of fused-ring (bicyclic) bond motifs is 1. The largest absolute Gasteiger partial charge is 0.473 e. The third kappa shape index (κ3) is 5.97. The summed E-state index contributed by atoms with van der Waals surface area (Å²) in [6.07, 6.45) is 3.45. The van der Waals surface area contributed by atoms with Gasteiger partial charge in [-0.2, -0.15) is 4.98 Å². The Bertz CT molecular complexity index is 1250. The van der Waals surface area contributed by atoms with Crippen LogP contribution >= 0.6 is 23.1 Å². The molecule has 4 heterocycles. The summed E-state index contributed by atoms with van der Waals surface area (Å²) in [5.74, 6) is 1.68. The highest BCUT2D eigenvalue weighted by Gasteiger charge is 2.26. The second-order valence-electron chi connectivity index (χ2n) is 9.09. The molecule has 4 N–H and O–H groups in total. The number of hydrogen-bond acceptors (Lipinski definition) is 9. The molecule has 1 fully saturated rings. The molecule has 0 saturated carbocycles. The molecule has 5 rings (SSSR count). The maximum Gasteiger partial charge on any atom is 0.324 e. The van der Waals surface area contributed by atoms with E-state index in [0.29, 0.717) is 17.1 Å². The molecular formula is C25H33N5O4S2. The number of ether oxygens (including phenoxy) is 1. The van der Waals surface area contributed by atoms with Crippen LogP contribution in [0.5, 0.6) is 5.88 Å². The van der Waals surface area contributed by atoms with Crippen LogP contribution in [0.3, 0.4) is 0 Å². The highest BCUT2D eigenvalue weighted by Crippen LogP contribution is 2.38. The van der Waals surface area contributed by atoms with Gasteiger partial charge in [0.2, 0.25) is 5.88 Å². The van der Waals surface area contributed by atoms with Crippen molar-refractivity contribution in [3.8, 4) is 17.0 Å². The number of thiophene rings is 1. The highest BCUT2D eigenvalue weighted by atomic mass is 32.2. The maximum atomic E-state index is 6.37. The van der Waals surface area contributed by atoms with E-state index in [9.17, 15) is 0 Å². The minimum Gasteiger partial charge on any atom is -0.473 e. The lowest BCUT2D eigenvalue weighted by Crippen LogP contribution is -2.38. The van der Waals surface area contributed by atoms with Gasteiger partial charge in [-0.15, -0.1) is 23.1 Å². The quantitative estimate of drug-likeness (QED) is 0.311. The fourth-order valence-corrected chi connectivity index (χ4v) is 5.81. The fraction of sp³-hybridized carbons (Fsp3) is 0.440. The van der Waals surface area contributed by atoms with Gasteiger partial charge in [-0.05, 0) is 17.7 Å². The minimum atomic E-state index is 0. The Morgan fingerprint density at radius 1 is 1.06 bits per heavy atom. The van der Waals surface area contributed by atoms with Gasteiger partial charge in [-0.3, -0.25) is 0 Å². The summed E-state index contributed by atoms with van der Waals surface area (Å²) in [5.41, 5.74) is 3.24. The molecule has 1 saturated heterocycles. The number of rotatable bonds is 7. The van der Waals surface area contributed by atoms with Crippen molar-refractivity contribution in [2.24, 2.45) is 0 Å². The van der Waals surface area contributed by atoms with Gasteiger partial charge in [0.15, 0.2) is 5.82 Å². The van der Waals surface area contributed by atoms with Crippen LogP contribution in [0.25, 0.3) is 21.3 Å². The van der Waals surface area contributed by atoms with E-state index >= 15 is 0 Å². The Balaban J connectivity index is 0.00000180. The molecule has 36 heavy (non-hydrogen) atoms. The van der Waals surface area contributed by atoms with Gasteiger partial charge in [0.05, 0.1) is 5.52 Å². The summed E-state index contributed by atoms with van der Waals surface area (Å²) in [4.78, 5) is 17.0. The molecule has 0 unspecified atom stereocenters. The van der Waals surface area contributed by atoms with Gasteiger partial charge in [0.1, 0.15) is 17.1 Å². The van der Waals surface area contributed by atoms with Crippen molar-refractivity contribution in [3.05, 3.63) is 41.8 Å². The standard InChI is InChI=1S/C25H29N5O2S2.2H2O/c1-15(2)23-28-25(32-29-23)30-11-9-18(10-12-30)31-24-22-21(26-14-27-24)20(13-33-22)17-5-7-19(8-6-17)34-16(3)4;;/h5-8,13-16,18H,9-12H2,1-4H3;2*1H2. The van der Waals surface area contributed by atoms with Gasteiger partial charge in [-0.25, -0.2) is 9.97 Å². The van der Waals surface area contributed by atoms with Crippen molar-refractivity contribution in [2.45, 2.75) is 62.7 Å². The zero-order valence-electron chi connectivity index (χ0n) is 20.9. The molecule has 0 radical (unpaired) electrons. The van der Waals surface area contributed by atoms with E-state index in [1.807, 2.05) is 11.8 Å². The molecule has 1 aliphatic rings. The predicted octanol–water partition coefficient (Wildman–Crippen LogP) is 4.76. The van der Waals surface area contributed by atoms with Crippen molar-refractivity contribution in [1.82, 2.24) is 20.1 Å². The van der Waals surface area contributed by atoms with E-state index in [1.165, 1.54) is 4.90 Å². The summed E-state index contributed by atoms with van der Waals surface area (Å²) in [7, 11) is 0. The normalized spacial score (nSPS) is 14.2. The van der Waals surface area contributed by atoms with Gasteiger partial charge < -0.3 is 25.1 Å². The number of aromatic nitrogens is 4. The van der Waals surface area contributed by atoms with Crippen LogP contribution in [-0.2, 0) is 0 Å². The van der Waals surface area contributed by atoms with Crippen molar-refractivity contribution < 1.29 is 20.2 Å². The molecule has 0 amide bonds. The van der Waals surface area contributed by atoms with Crippen LogP contribution < -0.4 is 9.64 Å². The Morgan fingerprint density at radius 2 is 1.78 bits per heavy atom. The molecule has 194 valence electrons. The van der Waals surface area contributed by atoms with E-state index in [4.69, 9.17) is 9.26 Å². The van der Waals surface area contributed by atoms with Gasteiger partial charge >= 0.3 is 6.01 Å². The first-order chi connectivity index (χ1) is 16.5. The molecule has 1 aromatic carbocycles. The summed E-state index contributed by atoms with van der Waals surface area (Å²) in [6, 6.07) is 9.32. The number of thioether (sulfide) groups is 1. The lowest BCUT2D eigenvalue weighted by atomic mass is 10.1. The van der Waals surface area contributed by atoms with Crippen molar-refractivity contribution >= 4 is 39.3 Å². The lowest BCUT2D eigenvalue weighted by molar-refractivity contribution is 0.164. The molecular weight excluding hydrogens is 498 g/mol. The van der Waals surface area contributed by atoms with Crippen molar-refractivity contribution in [1.29, 1.82) is 0 Å². The predicted molar refractivity (Wildman–Crippen MR) is 145 cm³/mol. The van der Waals surface area contributed by atoms with E-state index < -0.39 is 0 Å². The summed E-state index contributed by atoms with van der Waals surface area (Å²) >= 11 is 3.51. The highest BCUT2D eigenvalue weighted by molar-refractivity contribution is 7.99. The van der Waals surface area contributed by atoms with E-state index in [-0.39, 0.29) is 23.0 Å². The molecule has 0 aliphatic carbocycles. The smallest absolute Gasteiger partial charge is 0.324 e. The minimum absolute atomic E-state index is 0. The third-order valence-corrected chi connectivity index (χ3v) is 7.77. The Morgan fingerprint density at radius 3 is 2.42 bits per heavy atom.